The topological polar surface area (TPSA) is 12.0 Å². The van der Waals surface area contributed by atoms with Crippen molar-refractivity contribution in [2.24, 2.45) is 0 Å². The summed E-state index contributed by atoms with van der Waals surface area (Å²) in [6.07, 6.45) is -2.99. The van der Waals surface area contributed by atoms with Gasteiger partial charge in [-0.2, -0.15) is 13.2 Å². The number of rotatable bonds is 2. The second-order valence-corrected chi connectivity index (χ2v) is 3.93. The molecule has 0 aromatic heterocycles. The van der Waals surface area contributed by atoms with Crippen LogP contribution in [-0.2, 0) is 6.42 Å². The van der Waals surface area contributed by atoms with Crippen molar-refractivity contribution in [2.45, 2.75) is 25.1 Å². The molecule has 1 unspecified atom stereocenters. The summed E-state index contributed by atoms with van der Waals surface area (Å²) in [5.41, 5.74) is 1.59. The molecule has 1 aromatic rings. The van der Waals surface area contributed by atoms with Crippen LogP contribution >= 0.6 is 0 Å². The van der Waals surface area contributed by atoms with Crippen LogP contribution in [-0.4, -0.2) is 12.7 Å². The second-order valence-electron chi connectivity index (χ2n) is 3.93. The zero-order valence-corrected chi connectivity index (χ0v) is 8.44. The lowest BCUT2D eigenvalue weighted by molar-refractivity contribution is -0.126. The van der Waals surface area contributed by atoms with Crippen LogP contribution in [0.25, 0.3) is 0 Å². The van der Waals surface area contributed by atoms with Gasteiger partial charge < -0.3 is 5.32 Å². The molecule has 88 valence electrons. The quantitative estimate of drug-likeness (QED) is 0.774. The fourth-order valence-electron chi connectivity index (χ4n) is 2.04. The smallest absolute Gasteiger partial charge is 0.302 e. The van der Waals surface area contributed by atoms with Crippen molar-refractivity contribution in [2.75, 3.05) is 6.54 Å². The van der Waals surface area contributed by atoms with Crippen molar-refractivity contribution >= 4 is 0 Å². The van der Waals surface area contributed by atoms with E-state index in [0.29, 0.717) is 12.8 Å². The summed E-state index contributed by atoms with van der Waals surface area (Å²) in [5, 5.41) is 2.45. The third-order valence-corrected chi connectivity index (χ3v) is 2.73. The van der Waals surface area contributed by atoms with Gasteiger partial charge in [-0.1, -0.05) is 6.07 Å². The molecular weight excluding hydrogens is 222 g/mol. The minimum Gasteiger partial charge on any atom is -0.302 e. The molecule has 0 saturated carbocycles. The number of alkyl halides is 3. The van der Waals surface area contributed by atoms with E-state index < -0.39 is 12.7 Å². The van der Waals surface area contributed by atoms with Crippen LogP contribution in [0.1, 0.15) is 23.6 Å². The summed E-state index contributed by atoms with van der Waals surface area (Å²) < 4.78 is 48.9. The monoisotopic (exact) mass is 233 g/mol. The van der Waals surface area contributed by atoms with E-state index in [1.54, 1.807) is 6.07 Å². The molecular formula is C11H11F4N. The third-order valence-electron chi connectivity index (χ3n) is 2.73. The van der Waals surface area contributed by atoms with Crippen LogP contribution in [0.15, 0.2) is 18.2 Å². The molecule has 5 heteroatoms. The molecule has 0 heterocycles. The van der Waals surface area contributed by atoms with Gasteiger partial charge in [0.2, 0.25) is 0 Å². The van der Waals surface area contributed by atoms with E-state index >= 15 is 0 Å². The lowest BCUT2D eigenvalue weighted by Gasteiger charge is -2.15. The highest BCUT2D eigenvalue weighted by Gasteiger charge is 2.30. The molecule has 0 radical (unpaired) electrons. The van der Waals surface area contributed by atoms with Crippen LogP contribution in [0.2, 0.25) is 0 Å². The maximum Gasteiger partial charge on any atom is 0.401 e. The largest absolute Gasteiger partial charge is 0.401 e. The average Bonchev–Trinajstić information content (AvgIpc) is 2.56. The second kappa shape index (κ2) is 4.05. The first-order valence-corrected chi connectivity index (χ1v) is 5.04. The number of nitrogens with one attached hydrogen (secondary N) is 1. The summed E-state index contributed by atoms with van der Waals surface area (Å²) in [7, 11) is 0. The summed E-state index contributed by atoms with van der Waals surface area (Å²) in [6, 6.07) is 3.93. The molecule has 0 fully saturated rings. The Morgan fingerprint density at radius 2 is 2.06 bits per heavy atom. The Kier molecular flexibility index (Phi) is 2.88. The fraction of sp³-hybridized carbons (Fsp3) is 0.455. The van der Waals surface area contributed by atoms with Gasteiger partial charge in [-0.3, -0.25) is 0 Å². The highest BCUT2D eigenvalue weighted by atomic mass is 19.4. The number of fused-ring (bicyclic) bond motifs is 1. The lowest BCUT2D eigenvalue weighted by atomic mass is 10.1. The van der Waals surface area contributed by atoms with Crippen LogP contribution in [0.5, 0.6) is 0 Å². The maximum absolute atomic E-state index is 12.9. The van der Waals surface area contributed by atoms with Crippen molar-refractivity contribution in [3.05, 3.63) is 35.1 Å². The van der Waals surface area contributed by atoms with Gasteiger partial charge in [-0.25, -0.2) is 4.39 Å². The summed E-state index contributed by atoms with van der Waals surface area (Å²) in [6.45, 7) is -1.01. The Bertz CT molecular complexity index is 386. The SMILES string of the molecule is Fc1ccc2c(c1)CCC2NCC(F)(F)F. The van der Waals surface area contributed by atoms with Gasteiger partial charge in [0.05, 0.1) is 6.54 Å². The molecule has 0 spiro atoms. The van der Waals surface area contributed by atoms with E-state index in [9.17, 15) is 17.6 Å². The van der Waals surface area contributed by atoms with Crippen LogP contribution in [0.3, 0.4) is 0 Å². The molecule has 1 nitrogen and oxygen atoms in total. The molecule has 0 amide bonds. The highest BCUT2D eigenvalue weighted by Crippen LogP contribution is 2.32. The van der Waals surface area contributed by atoms with E-state index in [1.807, 2.05) is 0 Å². The Balaban J connectivity index is 2.06. The van der Waals surface area contributed by atoms with Gasteiger partial charge in [-0.15, -0.1) is 0 Å². The fourth-order valence-corrected chi connectivity index (χ4v) is 2.04. The van der Waals surface area contributed by atoms with Gasteiger partial charge in [0.25, 0.3) is 0 Å². The molecule has 2 rings (SSSR count). The molecule has 16 heavy (non-hydrogen) atoms. The molecule has 1 aliphatic carbocycles. The zero-order chi connectivity index (χ0) is 11.8. The molecule has 1 aromatic carbocycles. The Morgan fingerprint density at radius 1 is 1.31 bits per heavy atom. The molecule has 0 bridgehead atoms. The summed E-state index contributed by atoms with van der Waals surface area (Å²) in [5.74, 6) is -0.338. The maximum atomic E-state index is 12.9. The van der Waals surface area contributed by atoms with Crippen molar-refractivity contribution < 1.29 is 17.6 Å². The summed E-state index contributed by atoms with van der Waals surface area (Å²) in [4.78, 5) is 0. The van der Waals surface area contributed by atoms with Gasteiger partial charge in [0.15, 0.2) is 0 Å². The van der Waals surface area contributed by atoms with E-state index in [1.165, 1.54) is 12.1 Å². The number of hydrogen-bond acceptors (Lipinski definition) is 1. The molecule has 0 aliphatic heterocycles. The number of benzene rings is 1. The van der Waals surface area contributed by atoms with E-state index in [0.717, 1.165) is 11.1 Å². The standard InChI is InChI=1S/C11H11F4N/c12-8-2-3-9-7(5-8)1-4-10(9)16-6-11(13,14)15/h2-3,5,10,16H,1,4,6H2. The molecule has 1 atom stereocenters. The Labute approximate surface area is 90.5 Å². The van der Waals surface area contributed by atoms with Crippen LogP contribution in [0.4, 0.5) is 17.6 Å². The zero-order valence-electron chi connectivity index (χ0n) is 8.44. The number of hydrogen-bond donors (Lipinski definition) is 1. The number of halogens is 4. The predicted molar refractivity (Wildman–Crippen MR) is 51.5 cm³/mol. The van der Waals surface area contributed by atoms with Crippen LogP contribution < -0.4 is 5.32 Å². The Morgan fingerprint density at radius 3 is 2.75 bits per heavy atom. The normalized spacial score (nSPS) is 19.9. The third kappa shape index (κ3) is 2.52. The first-order valence-electron chi connectivity index (χ1n) is 5.04. The highest BCUT2D eigenvalue weighted by molar-refractivity contribution is 5.34. The van der Waals surface area contributed by atoms with Gasteiger partial charge in [-0.05, 0) is 36.1 Å². The average molecular weight is 233 g/mol. The van der Waals surface area contributed by atoms with Crippen molar-refractivity contribution in [1.29, 1.82) is 0 Å². The van der Waals surface area contributed by atoms with Gasteiger partial charge >= 0.3 is 6.18 Å². The van der Waals surface area contributed by atoms with Gasteiger partial charge in [0.1, 0.15) is 5.82 Å². The first kappa shape index (κ1) is 11.4. The van der Waals surface area contributed by atoms with E-state index in [2.05, 4.69) is 5.32 Å². The minimum atomic E-state index is -4.21. The van der Waals surface area contributed by atoms with Crippen LogP contribution in [0, 0.1) is 5.82 Å². The first-order chi connectivity index (χ1) is 7.46. The van der Waals surface area contributed by atoms with E-state index in [-0.39, 0.29) is 11.9 Å². The minimum absolute atomic E-state index is 0.308. The molecule has 0 saturated heterocycles. The number of aryl methyl sites for hydroxylation is 1. The lowest BCUT2D eigenvalue weighted by Crippen LogP contribution is -2.31. The molecule has 1 N–H and O–H groups in total. The van der Waals surface area contributed by atoms with Gasteiger partial charge in [0, 0.05) is 6.04 Å². The van der Waals surface area contributed by atoms with E-state index in [4.69, 9.17) is 0 Å². The van der Waals surface area contributed by atoms with Crippen molar-refractivity contribution in [1.82, 2.24) is 5.32 Å². The van der Waals surface area contributed by atoms with Crippen molar-refractivity contribution in [3.63, 3.8) is 0 Å². The predicted octanol–water partition coefficient (Wildman–Crippen LogP) is 2.96. The molecule has 1 aliphatic rings. The summed E-state index contributed by atoms with van der Waals surface area (Å²) >= 11 is 0. The van der Waals surface area contributed by atoms with Crippen molar-refractivity contribution in [3.8, 4) is 0 Å². The Hall–Kier alpha value is -1.10.